The minimum Gasteiger partial charge on any atom is -0.372 e. The summed E-state index contributed by atoms with van der Waals surface area (Å²) in [5.41, 5.74) is 1.39. The summed E-state index contributed by atoms with van der Waals surface area (Å²) in [6, 6.07) is 14.6. The molecular formula is C21H24ClN3O2. The monoisotopic (exact) mass is 385 g/mol. The molecule has 142 valence electrons. The minimum atomic E-state index is -1.00. The van der Waals surface area contributed by atoms with Crippen molar-refractivity contribution in [2.24, 2.45) is 5.41 Å². The van der Waals surface area contributed by atoms with E-state index in [1.165, 1.54) is 0 Å². The van der Waals surface area contributed by atoms with Gasteiger partial charge >= 0.3 is 0 Å². The van der Waals surface area contributed by atoms with Crippen LogP contribution < -0.4 is 15.5 Å². The maximum absolute atomic E-state index is 12.7. The summed E-state index contributed by atoms with van der Waals surface area (Å²) in [7, 11) is 0. The van der Waals surface area contributed by atoms with Gasteiger partial charge in [-0.25, -0.2) is 0 Å². The van der Waals surface area contributed by atoms with Gasteiger partial charge in [0.05, 0.1) is 0 Å². The Morgan fingerprint density at radius 2 is 1.56 bits per heavy atom. The lowest BCUT2D eigenvalue weighted by Crippen LogP contribution is -2.35. The van der Waals surface area contributed by atoms with Gasteiger partial charge in [-0.05, 0) is 69.2 Å². The second kappa shape index (κ2) is 8.01. The number of carbonyl (C=O) groups excluding carboxylic acids is 2. The Morgan fingerprint density at radius 3 is 2.07 bits per heavy atom. The molecule has 5 nitrogen and oxygen atoms in total. The molecule has 3 rings (SSSR count). The van der Waals surface area contributed by atoms with E-state index in [1.807, 2.05) is 24.3 Å². The van der Waals surface area contributed by atoms with Crippen molar-refractivity contribution in [3.05, 3.63) is 53.6 Å². The summed E-state index contributed by atoms with van der Waals surface area (Å²) in [4.78, 5) is 27.6. The van der Waals surface area contributed by atoms with E-state index in [2.05, 4.69) is 29.4 Å². The average molecular weight is 386 g/mol. The molecule has 0 spiro atoms. The molecule has 0 radical (unpaired) electrons. The quantitative estimate of drug-likeness (QED) is 0.687. The molecule has 2 N–H and O–H groups in total. The highest BCUT2D eigenvalue weighted by Gasteiger charge is 2.56. The molecule has 0 heterocycles. The van der Waals surface area contributed by atoms with E-state index in [4.69, 9.17) is 11.6 Å². The Morgan fingerprint density at radius 1 is 0.963 bits per heavy atom. The molecule has 0 atom stereocenters. The number of benzene rings is 2. The van der Waals surface area contributed by atoms with Crippen LogP contribution in [0.2, 0.25) is 5.02 Å². The summed E-state index contributed by atoms with van der Waals surface area (Å²) in [5, 5.41) is 6.22. The fraction of sp³-hybridized carbons (Fsp3) is 0.333. The first-order valence-electron chi connectivity index (χ1n) is 9.22. The number of anilines is 3. The van der Waals surface area contributed by atoms with Crippen LogP contribution in [-0.2, 0) is 9.59 Å². The van der Waals surface area contributed by atoms with Crippen molar-refractivity contribution in [3.8, 4) is 0 Å². The maximum atomic E-state index is 12.7. The Balaban J connectivity index is 1.65. The number of hydrogen-bond donors (Lipinski definition) is 2. The van der Waals surface area contributed by atoms with Crippen LogP contribution in [0.25, 0.3) is 0 Å². The van der Waals surface area contributed by atoms with Crippen LogP contribution in [0.3, 0.4) is 0 Å². The number of hydrogen-bond acceptors (Lipinski definition) is 3. The van der Waals surface area contributed by atoms with Crippen LogP contribution in [0, 0.1) is 5.41 Å². The van der Waals surface area contributed by atoms with Crippen LogP contribution in [0.15, 0.2) is 48.5 Å². The molecule has 0 aliphatic heterocycles. The maximum Gasteiger partial charge on any atom is 0.240 e. The molecule has 1 aliphatic rings. The number of nitrogens with one attached hydrogen (secondary N) is 2. The topological polar surface area (TPSA) is 61.4 Å². The molecule has 2 aromatic carbocycles. The zero-order valence-electron chi connectivity index (χ0n) is 15.6. The van der Waals surface area contributed by atoms with Gasteiger partial charge in [0.2, 0.25) is 11.8 Å². The third kappa shape index (κ3) is 4.25. The van der Waals surface area contributed by atoms with Gasteiger partial charge in [-0.15, -0.1) is 0 Å². The van der Waals surface area contributed by atoms with E-state index in [9.17, 15) is 9.59 Å². The third-order valence-electron chi connectivity index (χ3n) is 4.96. The van der Waals surface area contributed by atoms with Crippen LogP contribution in [0.1, 0.15) is 26.7 Å². The van der Waals surface area contributed by atoms with Gasteiger partial charge < -0.3 is 15.5 Å². The minimum absolute atomic E-state index is 0.266. The normalized spacial score (nSPS) is 14.3. The van der Waals surface area contributed by atoms with Crippen molar-refractivity contribution >= 4 is 40.5 Å². The lowest BCUT2D eigenvalue weighted by molar-refractivity contribution is -0.131. The zero-order valence-corrected chi connectivity index (χ0v) is 16.3. The third-order valence-corrected chi connectivity index (χ3v) is 5.19. The molecule has 2 aromatic rings. The van der Waals surface area contributed by atoms with Gasteiger partial charge in [-0.1, -0.05) is 17.7 Å². The van der Waals surface area contributed by atoms with Gasteiger partial charge in [-0.3, -0.25) is 9.59 Å². The molecule has 1 aliphatic carbocycles. The van der Waals surface area contributed by atoms with E-state index >= 15 is 0 Å². The fourth-order valence-corrected chi connectivity index (χ4v) is 3.28. The molecule has 2 amide bonds. The highest BCUT2D eigenvalue weighted by Crippen LogP contribution is 2.47. The molecular weight excluding hydrogens is 362 g/mol. The van der Waals surface area contributed by atoms with E-state index < -0.39 is 5.41 Å². The van der Waals surface area contributed by atoms with Crippen LogP contribution in [-0.4, -0.2) is 24.9 Å². The summed E-state index contributed by atoms with van der Waals surface area (Å²) in [6.45, 7) is 6.06. The summed E-state index contributed by atoms with van der Waals surface area (Å²) < 4.78 is 0. The smallest absolute Gasteiger partial charge is 0.240 e. The van der Waals surface area contributed by atoms with Gasteiger partial charge in [0.1, 0.15) is 5.41 Å². The Kier molecular flexibility index (Phi) is 5.71. The first kappa shape index (κ1) is 19.2. The number of halogens is 1. The predicted octanol–water partition coefficient (Wildman–Crippen LogP) is 4.54. The molecule has 0 saturated heterocycles. The molecule has 0 bridgehead atoms. The number of rotatable bonds is 7. The first-order chi connectivity index (χ1) is 13.0. The van der Waals surface area contributed by atoms with Crippen LogP contribution >= 0.6 is 11.6 Å². The molecule has 1 fully saturated rings. The number of amides is 2. The van der Waals surface area contributed by atoms with Crippen molar-refractivity contribution in [3.63, 3.8) is 0 Å². The highest BCUT2D eigenvalue weighted by atomic mass is 35.5. The predicted molar refractivity (Wildman–Crippen MR) is 110 cm³/mol. The standard InChI is InChI=1S/C21H24ClN3O2/c1-3-25(4-2)18-10-8-16(9-11-18)23-19(26)21(12-13-21)20(27)24-17-7-5-6-15(22)14-17/h5-11,14H,3-4,12-13H2,1-2H3,(H,23,26)(H,24,27). The van der Waals surface area contributed by atoms with E-state index in [0.29, 0.717) is 29.2 Å². The van der Waals surface area contributed by atoms with Crippen LogP contribution in [0.4, 0.5) is 17.1 Å². The van der Waals surface area contributed by atoms with Crippen molar-refractivity contribution in [2.45, 2.75) is 26.7 Å². The Labute approximate surface area is 164 Å². The number of carbonyl (C=O) groups is 2. The lowest BCUT2D eigenvalue weighted by Gasteiger charge is -2.21. The SMILES string of the molecule is CCN(CC)c1ccc(NC(=O)C2(C(=O)Nc3cccc(Cl)c3)CC2)cc1. The zero-order chi connectivity index (χ0) is 19.4. The largest absolute Gasteiger partial charge is 0.372 e. The molecule has 27 heavy (non-hydrogen) atoms. The Hall–Kier alpha value is -2.53. The van der Waals surface area contributed by atoms with Crippen molar-refractivity contribution in [2.75, 3.05) is 28.6 Å². The van der Waals surface area contributed by atoms with Crippen molar-refractivity contribution < 1.29 is 9.59 Å². The van der Waals surface area contributed by atoms with Gasteiger partial charge in [0.15, 0.2) is 0 Å². The lowest BCUT2D eigenvalue weighted by atomic mass is 10.0. The van der Waals surface area contributed by atoms with E-state index in [0.717, 1.165) is 18.8 Å². The van der Waals surface area contributed by atoms with E-state index in [1.54, 1.807) is 24.3 Å². The first-order valence-corrected chi connectivity index (χ1v) is 9.60. The Bertz CT molecular complexity index is 828. The molecule has 0 aromatic heterocycles. The van der Waals surface area contributed by atoms with Crippen LogP contribution in [0.5, 0.6) is 0 Å². The molecule has 0 unspecified atom stereocenters. The summed E-state index contributed by atoms with van der Waals surface area (Å²) in [6.07, 6.45) is 1.09. The van der Waals surface area contributed by atoms with Gasteiger partial charge in [-0.2, -0.15) is 0 Å². The van der Waals surface area contributed by atoms with Crippen molar-refractivity contribution in [1.82, 2.24) is 0 Å². The fourth-order valence-electron chi connectivity index (χ4n) is 3.09. The number of nitrogens with zero attached hydrogens (tertiary/aromatic N) is 1. The summed E-state index contributed by atoms with van der Waals surface area (Å²) >= 11 is 5.95. The van der Waals surface area contributed by atoms with Crippen molar-refractivity contribution in [1.29, 1.82) is 0 Å². The highest BCUT2D eigenvalue weighted by molar-refractivity contribution is 6.31. The van der Waals surface area contributed by atoms with Gasteiger partial charge in [0.25, 0.3) is 0 Å². The van der Waals surface area contributed by atoms with Gasteiger partial charge in [0, 0.05) is 35.2 Å². The van der Waals surface area contributed by atoms with E-state index in [-0.39, 0.29) is 11.8 Å². The molecule has 6 heteroatoms. The second-order valence-electron chi connectivity index (χ2n) is 6.72. The summed E-state index contributed by atoms with van der Waals surface area (Å²) in [5.74, 6) is -0.556. The second-order valence-corrected chi connectivity index (χ2v) is 7.16. The average Bonchev–Trinajstić information content (AvgIpc) is 3.46. The molecule has 1 saturated carbocycles.